The van der Waals surface area contributed by atoms with Crippen LogP contribution in [0.1, 0.15) is 73.6 Å². The maximum absolute atomic E-state index is 6.24. The van der Waals surface area contributed by atoms with Gasteiger partial charge >= 0.3 is 0 Å². The lowest BCUT2D eigenvalue weighted by atomic mass is 9.75. The third-order valence-electron chi connectivity index (χ3n) is 4.47. The molecule has 0 fully saturated rings. The van der Waals surface area contributed by atoms with Crippen molar-refractivity contribution < 1.29 is 4.74 Å². The van der Waals surface area contributed by atoms with Gasteiger partial charge in [0.2, 0.25) is 0 Å². The Bertz CT molecular complexity index is 163. The topological polar surface area (TPSA) is 9.23 Å². The lowest BCUT2D eigenvalue weighted by molar-refractivity contribution is -0.0687. The van der Waals surface area contributed by atoms with Crippen molar-refractivity contribution in [2.75, 3.05) is 0 Å². The van der Waals surface area contributed by atoms with Crippen LogP contribution in [0.3, 0.4) is 0 Å². The van der Waals surface area contributed by atoms with Crippen LogP contribution in [0, 0.1) is 5.41 Å². The van der Waals surface area contributed by atoms with Gasteiger partial charge in [-0.2, -0.15) is 0 Å². The van der Waals surface area contributed by atoms with Crippen LogP contribution in [0.15, 0.2) is 0 Å². The smallest absolute Gasteiger partial charge is 0.139 e. The Morgan fingerprint density at radius 2 is 1.38 bits per heavy atom. The van der Waals surface area contributed by atoms with E-state index in [9.17, 15) is 0 Å². The molecule has 0 saturated heterocycles. The normalized spacial score (nSPS) is 15.1. The Hall–Kier alpha value is 0.0249. The van der Waals surface area contributed by atoms with Crippen LogP contribution in [0.5, 0.6) is 0 Å². The molecule has 0 aromatic rings. The summed E-state index contributed by atoms with van der Waals surface area (Å²) >= 11 is 0. The zero-order valence-electron chi connectivity index (χ0n) is 12.5. The third kappa shape index (κ3) is 4.90. The molecule has 0 spiro atoms. The van der Waals surface area contributed by atoms with Crippen molar-refractivity contribution in [1.29, 1.82) is 0 Å². The van der Waals surface area contributed by atoms with Crippen LogP contribution < -0.4 is 0 Å². The van der Waals surface area contributed by atoms with E-state index in [-0.39, 0.29) is 5.60 Å². The quantitative estimate of drug-likeness (QED) is 0.572. The summed E-state index contributed by atoms with van der Waals surface area (Å²) in [5, 5.41) is 0. The average Bonchev–Trinajstić information content (AvgIpc) is 2.28. The lowest BCUT2D eigenvalue weighted by Crippen LogP contribution is -2.35. The van der Waals surface area contributed by atoms with Gasteiger partial charge in [-0.25, -0.2) is 0 Å². The predicted octanol–water partition coefficient (Wildman–Crippen LogP) is 3.76. The minimum atomic E-state index is 0.0712. The highest BCUT2D eigenvalue weighted by molar-refractivity contribution is 6.11. The lowest BCUT2D eigenvalue weighted by Gasteiger charge is -2.36. The van der Waals surface area contributed by atoms with Gasteiger partial charge in [0.15, 0.2) is 0 Å². The van der Waals surface area contributed by atoms with Gasteiger partial charge in [0.25, 0.3) is 0 Å². The Labute approximate surface area is 104 Å². The van der Waals surface area contributed by atoms with E-state index in [2.05, 4.69) is 49.4 Å². The molecule has 16 heavy (non-hydrogen) atoms. The fraction of sp³-hybridized carbons (Fsp3) is 1.00. The summed E-state index contributed by atoms with van der Waals surface area (Å²) in [5.41, 5.74) is 0.517. The van der Waals surface area contributed by atoms with E-state index in [0.29, 0.717) is 11.4 Å². The molecule has 0 heterocycles. The molecule has 1 nitrogen and oxygen atoms in total. The average molecular weight is 226 g/mol. The largest absolute Gasteiger partial charge is 0.381 e. The third-order valence-corrected chi connectivity index (χ3v) is 4.47. The fourth-order valence-corrected chi connectivity index (χ4v) is 2.18. The summed E-state index contributed by atoms with van der Waals surface area (Å²) in [7, 11) is 2.23. The van der Waals surface area contributed by atoms with Gasteiger partial charge in [-0.1, -0.05) is 47.5 Å². The monoisotopic (exact) mass is 226 g/mol. The highest BCUT2D eigenvalue weighted by atomic mass is 16.5. The molecule has 0 aliphatic rings. The molecule has 0 radical (unpaired) electrons. The van der Waals surface area contributed by atoms with Crippen molar-refractivity contribution in [3.63, 3.8) is 0 Å². The second-order valence-electron chi connectivity index (χ2n) is 5.81. The number of hydrogen-bond acceptors (Lipinski definition) is 1. The second kappa shape index (κ2) is 6.69. The summed E-state index contributed by atoms with van der Waals surface area (Å²) in [5.74, 6) is 0. The molecule has 0 N–H and O–H groups in total. The first kappa shape index (κ1) is 16.0. The van der Waals surface area contributed by atoms with E-state index in [4.69, 9.17) is 4.74 Å². The highest BCUT2D eigenvalue weighted by Crippen LogP contribution is 2.33. The molecule has 0 aromatic heterocycles. The van der Waals surface area contributed by atoms with Gasteiger partial charge < -0.3 is 4.74 Å². The molecule has 96 valence electrons. The summed E-state index contributed by atoms with van der Waals surface area (Å²) < 4.78 is 6.24. The number of ether oxygens (including phenoxy) is 1. The van der Waals surface area contributed by atoms with Gasteiger partial charge in [0, 0.05) is 6.00 Å². The minimum absolute atomic E-state index is 0.0712. The van der Waals surface area contributed by atoms with Crippen LogP contribution in [-0.2, 0) is 4.74 Å². The molecular weight excluding hydrogens is 195 g/mol. The SMILES string of the molecule is BC(CC(C)(CC)CC)OC(C)(CC)CC. The zero-order valence-corrected chi connectivity index (χ0v) is 12.5. The van der Waals surface area contributed by atoms with Gasteiger partial charge in [-0.05, 0) is 31.6 Å². The van der Waals surface area contributed by atoms with E-state index >= 15 is 0 Å². The van der Waals surface area contributed by atoms with Crippen molar-refractivity contribution in [1.82, 2.24) is 0 Å². The van der Waals surface area contributed by atoms with Crippen molar-refractivity contribution in [2.24, 2.45) is 5.41 Å². The molecule has 0 saturated carbocycles. The van der Waals surface area contributed by atoms with E-state index in [1.807, 2.05) is 0 Å². The first-order valence-electron chi connectivity index (χ1n) is 7.02. The van der Waals surface area contributed by atoms with Crippen molar-refractivity contribution >= 4 is 7.85 Å². The molecule has 0 bridgehead atoms. The van der Waals surface area contributed by atoms with Gasteiger partial charge in [0.05, 0.1) is 5.60 Å². The molecule has 0 amide bonds. The summed E-state index contributed by atoms with van der Waals surface area (Å²) in [4.78, 5) is 0. The summed E-state index contributed by atoms with van der Waals surface area (Å²) in [6, 6.07) is 0.370. The second-order valence-corrected chi connectivity index (χ2v) is 5.81. The maximum Gasteiger partial charge on any atom is 0.139 e. The number of rotatable bonds is 8. The van der Waals surface area contributed by atoms with Crippen molar-refractivity contribution in [3.8, 4) is 0 Å². The van der Waals surface area contributed by atoms with E-state index in [1.165, 1.54) is 19.3 Å². The summed E-state index contributed by atoms with van der Waals surface area (Å²) in [6.45, 7) is 13.6. The first-order valence-corrected chi connectivity index (χ1v) is 7.02. The number of hydrogen-bond donors (Lipinski definition) is 0. The first-order chi connectivity index (χ1) is 7.34. The molecule has 2 heteroatoms. The highest BCUT2D eigenvalue weighted by Gasteiger charge is 2.28. The van der Waals surface area contributed by atoms with Gasteiger partial charge in [-0.3, -0.25) is 0 Å². The Balaban J connectivity index is 4.31. The van der Waals surface area contributed by atoms with Crippen molar-refractivity contribution in [3.05, 3.63) is 0 Å². The van der Waals surface area contributed by atoms with E-state index < -0.39 is 0 Å². The Morgan fingerprint density at radius 3 is 1.69 bits per heavy atom. The maximum atomic E-state index is 6.24. The fourth-order valence-electron chi connectivity index (χ4n) is 2.18. The molecule has 0 rings (SSSR count). The van der Waals surface area contributed by atoms with E-state index in [0.717, 1.165) is 12.8 Å². The summed E-state index contributed by atoms with van der Waals surface area (Å²) in [6.07, 6.45) is 5.86. The Morgan fingerprint density at radius 1 is 0.938 bits per heavy atom. The molecule has 0 aliphatic heterocycles. The van der Waals surface area contributed by atoms with Crippen LogP contribution in [0.25, 0.3) is 0 Å². The van der Waals surface area contributed by atoms with E-state index in [1.54, 1.807) is 0 Å². The van der Waals surface area contributed by atoms with Crippen molar-refractivity contribution in [2.45, 2.75) is 85.3 Å². The molecule has 1 unspecified atom stereocenters. The van der Waals surface area contributed by atoms with Crippen LogP contribution in [-0.4, -0.2) is 19.5 Å². The van der Waals surface area contributed by atoms with Crippen LogP contribution in [0.4, 0.5) is 0 Å². The Kier molecular flexibility index (Phi) is 6.70. The molecule has 1 atom stereocenters. The van der Waals surface area contributed by atoms with Gasteiger partial charge in [-0.15, -0.1) is 0 Å². The van der Waals surface area contributed by atoms with Gasteiger partial charge in [0.1, 0.15) is 7.85 Å². The minimum Gasteiger partial charge on any atom is -0.381 e. The van der Waals surface area contributed by atoms with Crippen LogP contribution >= 0.6 is 0 Å². The molecule has 0 aliphatic carbocycles. The predicted molar refractivity (Wildman–Crippen MR) is 75.7 cm³/mol. The zero-order chi connectivity index (χ0) is 12.8. The standard InChI is InChI=1S/C14H31BO/c1-7-13(5,8-2)11-12(15)16-14(6,9-3)10-4/h12H,7-11,15H2,1-6H3. The molecule has 0 aromatic carbocycles. The van der Waals surface area contributed by atoms with Crippen LogP contribution in [0.2, 0.25) is 0 Å². The molecular formula is C14H31BO.